The lowest BCUT2D eigenvalue weighted by Crippen LogP contribution is -2.04. The average molecular weight is 353 g/mol. The Morgan fingerprint density at radius 3 is 2.12 bits per heavy atom. The fourth-order valence-electron chi connectivity index (χ4n) is 2.35. The zero-order chi connectivity index (χ0) is 18.5. The van der Waals surface area contributed by atoms with E-state index >= 15 is 0 Å². The first-order valence-electron chi connectivity index (χ1n) is 7.80. The molecule has 3 rings (SSSR count). The number of ether oxygens (including phenoxy) is 3. The highest BCUT2D eigenvalue weighted by atomic mass is 16.5. The molecule has 0 saturated heterocycles. The number of nitrogens with two attached hydrogens (primary N) is 2. The molecular weight excluding hydrogens is 334 g/mol. The van der Waals surface area contributed by atoms with Crippen molar-refractivity contribution in [3.63, 3.8) is 0 Å². The molecule has 0 saturated carbocycles. The fourth-order valence-corrected chi connectivity index (χ4v) is 2.35. The predicted octanol–water partition coefficient (Wildman–Crippen LogP) is 2.30. The summed E-state index contributed by atoms with van der Waals surface area (Å²) in [7, 11) is 3.21. The SMILES string of the molecule is COc1ccc(COc2cc(-c3nc(N)nc(N)n3)ccc2OC)cc1. The average Bonchev–Trinajstić information content (AvgIpc) is 2.65. The van der Waals surface area contributed by atoms with Crippen LogP contribution in [-0.2, 0) is 6.61 Å². The maximum Gasteiger partial charge on any atom is 0.225 e. The molecule has 0 amide bonds. The number of nitrogens with zero attached hydrogens (tertiary/aromatic N) is 3. The predicted molar refractivity (Wildman–Crippen MR) is 98.0 cm³/mol. The van der Waals surface area contributed by atoms with Crippen LogP contribution >= 0.6 is 0 Å². The van der Waals surface area contributed by atoms with Crippen molar-refractivity contribution >= 4 is 11.9 Å². The van der Waals surface area contributed by atoms with Crippen LogP contribution in [0.1, 0.15) is 5.56 Å². The molecule has 3 aromatic rings. The number of hydrogen-bond donors (Lipinski definition) is 2. The van der Waals surface area contributed by atoms with E-state index in [1.165, 1.54) is 0 Å². The van der Waals surface area contributed by atoms with Gasteiger partial charge in [0.15, 0.2) is 17.3 Å². The van der Waals surface area contributed by atoms with Gasteiger partial charge in [-0.3, -0.25) is 0 Å². The van der Waals surface area contributed by atoms with E-state index in [4.69, 9.17) is 25.7 Å². The Hall–Kier alpha value is -3.55. The summed E-state index contributed by atoms with van der Waals surface area (Å²) in [4.78, 5) is 12.0. The minimum atomic E-state index is 0.0593. The molecule has 1 aromatic heterocycles. The summed E-state index contributed by atoms with van der Waals surface area (Å²) >= 11 is 0. The molecule has 2 aromatic carbocycles. The first-order chi connectivity index (χ1) is 12.6. The monoisotopic (exact) mass is 353 g/mol. The van der Waals surface area contributed by atoms with E-state index < -0.39 is 0 Å². The van der Waals surface area contributed by atoms with Gasteiger partial charge in [0.1, 0.15) is 12.4 Å². The first-order valence-corrected chi connectivity index (χ1v) is 7.80. The van der Waals surface area contributed by atoms with Crippen LogP contribution in [0.2, 0.25) is 0 Å². The summed E-state index contributed by atoms with van der Waals surface area (Å²) in [6.45, 7) is 0.366. The quantitative estimate of drug-likeness (QED) is 0.693. The second-order valence-electron chi connectivity index (χ2n) is 5.38. The molecule has 0 atom stereocenters. The van der Waals surface area contributed by atoms with E-state index in [0.29, 0.717) is 29.5 Å². The van der Waals surface area contributed by atoms with Crippen molar-refractivity contribution in [2.24, 2.45) is 0 Å². The summed E-state index contributed by atoms with van der Waals surface area (Å²) in [6.07, 6.45) is 0. The molecule has 0 radical (unpaired) electrons. The van der Waals surface area contributed by atoms with Gasteiger partial charge in [-0.2, -0.15) is 15.0 Å². The van der Waals surface area contributed by atoms with Gasteiger partial charge >= 0.3 is 0 Å². The maximum absolute atomic E-state index is 5.91. The van der Waals surface area contributed by atoms with Crippen LogP contribution in [0.15, 0.2) is 42.5 Å². The van der Waals surface area contributed by atoms with Crippen LogP contribution in [0.4, 0.5) is 11.9 Å². The minimum Gasteiger partial charge on any atom is -0.497 e. The third-order valence-electron chi connectivity index (χ3n) is 3.65. The Kier molecular flexibility index (Phi) is 5.02. The third-order valence-corrected chi connectivity index (χ3v) is 3.65. The highest BCUT2D eigenvalue weighted by Gasteiger charge is 2.11. The topological polar surface area (TPSA) is 118 Å². The molecular formula is C18H19N5O3. The van der Waals surface area contributed by atoms with Crippen molar-refractivity contribution < 1.29 is 14.2 Å². The lowest BCUT2D eigenvalue weighted by molar-refractivity contribution is 0.284. The van der Waals surface area contributed by atoms with Gasteiger partial charge in [-0.05, 0) is 35.9 Å². The zero-order valence-electron chi connectivity index (χ0n) is 14.5. The summed E-state index contributed by atoms with van der Waals surface area (Å²) in [5.74, 6) is 2.42. The molecule has 1 heterocycles. The smallest absolute Gasteiger partial charge is 0.225 e. The van der Waals surface area contributed by atoms with Crippen molar-refractivity contribution in [2.45, 2.75) is 6.61 Å². The molecule has 0 aliphatic heterocycles. The van der Waals surface area contributed by atoms with Crippen LogP contribution in [0.3, 0.4) is 0 Å². The molecule has 0 spiro atoms. The number of aromatic nitrogens is 3. The summed E-state index contributed by atoms with van der Waals surface area (Å²) < 4.78 is 16.4. The second kappa shape index (κ2) is 7.56. The number of hydrogen-bond acceptors (Lipinski definition) is 8. The van der Waals surface area contributed by atoms with Crippen molar-refractivity contribution in [1.82, 2.24) is 15.0 Å². The number of rotatable bonds is 6. The highest BCUT2D eigenvalue weighted by Crippen LogP contribution is 2.32. The van der Waals surface area contributed by atoms with E-state index in [1.807, 2.05) is 24.3 Å². The minimum absolute atomic E-state index is 0.0593. The molecule has 0 aliphatic rings. The van der Waals surface area contributed by atoms with Gasteiger partial charge in [0.25, 0.3) is 0 Å². The lowest BCUT2D eigenvalue weighted by atomic mass is 10.2. The lowest BCUT2D eigenvalue weighted by Gasteiger charge is -2.12. The standard InChI is InChI=1S/C18H19N5O3/c1-24-13-6-3-11(4-7-13)10-26-15-9-12(5-8-14(15)25-2)16-21-17(19)23-18(20)22-16/h3-9H,10H2,1-2H3,(H4,19,20,21,22,23). The highest BCUT2D eigenvalue weighted by molar-refractivity contribution is 5.62. The van der Waals surface area contributed by atoms with Gasteiger partial charge in [-0.15, -0.1) is 0 Å². The number of nitrogen functional groups attached to an aromatic ring is 2. The van der Waals surface area contributed by atoms with Crippen molar-refractivity contribution in [1.29, 1.82) is 0 Å². The van der Waals surface area contributed by atoms with E-state index in [-0.39, 0.29) is 11.9 Å². The van der Waals surface area contributed by atoms with Crippen molar-refractivity contribution in [3.8, 4) is 28.6 Å². The Morgan fingerprint density at radius 1 is 0.808 bits per heavy atom. The summed E-state index contributed by atoms with van der Waals surface area (Å²) in [5.41, 5.74) is 13.0. The van der Waals surface area contributed by atoms with Gasteiger partial charge < -0.3 is 25.7 Å². The van der Waals surface area contributed by atoms with Gasteiger partial charge in [-0.1, -0.05) is 12.1 Å². The van der Waals surface area contributed by atoms with Crippen molar-refractivity contribution in [3.05, 3.63) is 48.0 Å². The summed E-state index contributed by atoms with van der Waals surface area (Å²) in [5, 5.41) is 0. The number of anilines is 2. The van der Waals surface area contributed by atoms with Gasteiger partial charge in [0.2, 0.25) is 11.9 Å². The molecule has 134 valence electrons. The summed E-state index contributed by atoms with van der Waals surface area (Å²) in [6, 6.07) is 13.0. The normalized spacial score (nSPS) is 10.4. The van der Waals surface area contributed by atoms with Crippen LogP contribution in [0, 0.1) is 0 Å². The van der Waals surface area contributed by atoms with Gasteiger partial charge in [-0.25, -0.2) is 0 Å². The van der Waals surface area contributed by atoms with Gasteiger partial charge in [0, 0.05) is 5.56 Å². The van der Waals surface area contributed by atoms with E-state index in [1.54, 1.807) is 32.4 Å². The Labute approximate surface area is 150 Å². The second-order valence-corrected chi connectivity index (χ2v) is 5.38. The Balaban J connectivity index is 1.85. The molecule has 8 heteroatoms. The Bertz CT molecular complexity index is 880. The molecule has 0 fully saturated rings. The number of methoxy groups -OCH3 is 2. The third kappa shape index (κ3) is 3.92. The largest absolute Gasteiger partial charge is 0.497 e. The molecule has 0 aliphatic carbocycles. The van der Waals surface area contributed by atoms with E-state index in [9.17, 15) is 0 Å². The van der Waals surface area contributed by atoms with Crippen LogP contribution < -0.4 is 25.7 Å². The molecule has 8 nitrogen and oxygen atoms in total. The number of benzene rings is 2. The van der Waals surface area contributed by atoms with Crippen molar-refractivity contribution in [2.75, 3.05) is 25.7 Å². The molecule has 26 heavy (non-hydrogen) atoms. The fraction of sp³-hybridized carbons (Fsp3) is 0.167. The first kappa shape index (κ1) is 17.3. The maximum atomic E-state index is 5.91. The zero-order valence-corrected chi connectivity index (χ0v) is 14.5. The van der Waals surface area contributed by atoms with Crippen LogP contribution in [0.25, 0.3) is 11.4 Å². The molecule has 0 unspecified atom stereocenters. The van der Waals surface area contributed by atoms with E-state index in [0.717, 1.165) is 11.3 Å². The Morgan fingerprint density at radius 2 is 1.50 bits per heavy atom. The van der Waals surface area contributed by atoms with Crippen LogP contribution in [-0.4, -0.2) is 29.2 Å². The molecule has 4 N–H and O–H groups in total. The van der Waals surface area contributed by atoms with E-state index in [2.05, 4.69) is 15.0 Å². The molecule has 0 bridgehead atoms. The van der Waals surface area contributed by atoms with Gasteiger partial charge in [0.05, 0.1) is 14.2 Å². The van der Waals surface area contributed by atoms with Crippen LogP contribution in [0.5, 0.6) is 17.2 Å².